The van der Waals surface area contributed by atoms with E-state index in [0.717, 1.165) is 9.13 Å². The quantitative estimate of drug-likeness (QED) is 0.427. The lowest BCUT2D eigenvalue weighted by molar-refractivity contribution is -0.167. The molecule has 1 N–H and O–H groups in total. The molecule has 0 radical (unpaired) electrons. The number of hydrogen-bond donors (Lipinski definition) is 1. The Morgan fingerprint density at radius 1 is 1.09 bits per heavy atom. The van der Waals surface area contributed by atoms with Crippen molar-refractivity contribution in [1.82, 2.24) is 18.7 Å². The van der Waals surface area contributed by atoms with Crippen molar-refractivity contribution in [3.63, 3.8) is 0 Å². The van der Waals surface area contributed by atoms with Crippen LogP contribution in [-0.2, 0) is 25.4 Å². The zero-order valence-corrected chi connectivity index (χ0v) is 18.9. The van der Waals surface area contributed by atoms with Gasteiger partial charge in [0.25, 0.3) is 5.56 Å². The monoisotopic (exact) mass is 509 g/mol. The van der Waals surface area contributed by atoms with Crippen LogP contribution in [-0.4, -0.2) is 30.8 Å². The van der Waals surface area contributed by atoms with Gasteiger partial charge in [0.2, 0.25) is 0 Å². The Kier molecular flexibility index (Phi) is 6.01. The number of fused-ring (bicyclic) bond motifs is 1. The molecule has 0 fully saturated rings. The Bertz CT molecular complexity index is 1580. The molecule has 4 aromatic rings. The van der Waals surface area contributed by atoms with Crippen LogP contribution in [0.3, 0.4) is 0 Å². The molecule has 0 saturated carbocycles. The minimum atomic E-state index is -5.10. The lowest BCUT2D eigenvalue weighted by Crippen LogP contribution is -2.37. The first-order valence-corrected chi connectivity index (χ1v) is 10.4. The average Bonchev–Trinajstić information content (AvgIpc) is 3.18. The summed E-state index contributed by atoms with van der Waals surface area (Å²) < 4.78 is 56.0. The number of carbonyl (C=O) groups excluding carboxylic acids is 1. The minimum absolute atomic E-state index is 0.0229. The van der Waals surface area contributed by atoms with Crippen LogP contribution in [0, 0.1) is 5.82 Å². The van der Waals surface area contributed by atoms with Crippen LogP contribution in [0.15, 0.2) is 52.1 Å². The summed E-state index contributed by atoms with van der Waals surface area (Å²) in [6.07, 6.45) is -5.10. The van der Waals surface area contributed by atoms with E-state index in [1.54, 1.807) is 5.32 Å². The van der Waals surface area contributed by atoms with Gasteiger partial charge >= 0.3 is 17.8 Å². The highest BCUT2D eigenvalue weighted by Gasteiger charge is 2.38. The molecule has 13 heteroatoms. The minimum Gasteiger partial charge on any atom is -0.318 e. The molecule has 1 amide bonds. The lowest BCUT2D eigenvalue weighted by Gasteiger charge is -2.13. The van der Waals surface area contributed by atoms with Gasteiger partial charge in [0.15, 0.2) is 11.2 Å². The Morgan fingerprint density at radius 3 is 2.43 bits per heavy atom. The van der Waals surface area contributed by atoms with Gasteiger partial charge in [0, 0.05) is 35.9 Å². The number of halogens is 5. The summed E-state index contributed by atoms with van der Waals surface area (Å²) in [6, 6.07) is 9.35. The highest BCUT2D eigenvalue weighted by molar-refractivity contribution is 6.31. The normalized spacial score (nSPS) is 11.7. The maximum atomic E-state index is 14.6. The Morgan fingerprint density at radius 2 is 1.77 bits per heavy atom. The molecule has 0 aliphatic rings. The number of alkyl halides is 3. The van der Waals surface area contributed by atoms with Gasteiger partial charge in [0.1, 0.15) is 11.6 Å². The van der Waals surface area contributed by atoms with Crippen LogP contribution < -0.4 is 16.6 Å². The molecule has 0 spiro atoms. The fourth-order valence-electron chi connectivity index (χ4n) is 3.60. The van der Waals surface area contributed by atoms with Gasteiger partial charge in [0.05, 0.1) is 6.54 Å². The summed E-state index contributed by atoms with van der Waals surface area (Å²) in [5.41, 5.74) is -1.40. The first-order chi connectivity index (χ1) is 16.4. The summed E-state index contributed by atoms with van der Waals surface area (Å²) in [6.45, 7) is -0.274. The second kappa shape index (κ2) is 8.69. The maximum absolute atomic E-state index is 14.6. The number of hydrogen-bond acceptors (Lipinski definition) is 4. The lowest BCUT2D eigenvalue weighted by atomic mass is 10.1. The van der Waals surface area contributed by atoms with E-state index >= 15 is 0 Å². The molecule has 35 heavy (non-hydrogen) atoms. The van der Waals surface area contributed by atoms with Gasteiger partial charge in [-0.3, -0.25) is 18.7 Å². The summed E-state index contributed by atoms with van der Waals surface area (Å²) in [4.78, 5) is 41.2. The molecule has 0 bridgehead atoms. The molecule has 2 heterocycles. The van der Waals surface area contributed by atoms with Crippen molar-refractivity contribution >= 4 is 34.4 Å². The summed E-state index contributed by atoms with van der Waals surface area (Å²) in [5, 5.41) is 1.83. The van der Waals surface area contributed by atoms with E-state index in [4.69, 9.17) is 11.6 Å². The van der Waals surface area contributed by atoms with Crippen molar-refractivity contribution in [3.05, 3.63) is 79.7 Å². The molecule has 0 atom stereocenters. The Hall–Kier alpha value is -3.93. The average molecular weight is 510 g/mol. The van der Waals surface area contributed by atoms with Crippen molar-refractivity contribution in [2.24, 2.45) is 14.1 Å². The molecule has 0 saturated heterocycles. The number of aromatic nitrogens is 4. The Balaban J connectivity index is 1.98. The van der Waals surface area contributed by atoms with Crippen LogP contribution in [0.25, 0.3) is 22.6 Å². The first-order valence-electron chi connectivity index (χ1n) is 9.98. The van der Waals surface area contributed by atoms with E-state index in [0.29, 0.717) is 0 Å². The van der Waals surface area contributed by atoms with E-state index in [-0.39, 0.29) is 45.4 Å². The second-order valence-corrected chi connectivity index (χ2v) is 8.04. The van der Waals surface area contributed by atoms with Gasteiger partial charge in [-0.15, -0.1) is 0 Å². The predicted octanol–water partition coefficient (Wildman–Crippen LogP) is 3.44. The SMILES string of the molecule is Cn1c(=O)c2c(nc(-c3cccc(NC(=O)C(F)(F)F)c3)n2Cc2c(F)cccc2Cl)n(C)c1=O. The van der Waals surface area contributed by atoms with Crippen LogP contribution in [0.1, 0.15) is 5.56 Å². The fourth-order valence-corrected chi connectivity index (χ4v) is 3.82. The Labute approximate surface area is 199 Å². The zero-order valence-electron chi connectivity index (χ0n) is 18.2. The number of carbonyl (C=O) groups is 1. The second-order valence-electron chi connectivity index (χ2n) is 7.63. The third-order valence-electron chi connectivity index (χ3n) is 5.36. The van der Waals surface area contributed by atoms with E-state index < -0.39 is 29.1 Å². The number of amides is 1. The van der Waals surface area contributed by atoms with Crippen LogP contribution in [0.5, 0.6) is 0 Å². The molecular weight excluding hydrogens is 494 g/mol. The third kappa shape index (κ3) is 4.32. The molecule has 0 unspecified atom stereocenters. The highest BCUT2D eigenvalue weighted by atomic mass is 35.5. The van der Waals surface area contributed by atoms with E-state index in [1.807, 2.05) is 0 Å². The third-order valence-corrected chi connectivity index (χ3v) is 5.72. The fraction of sp³-hybridized carbons (Fsp3) is 0.182. The van der Waals surface area contributed by atoms with Crippen molar-refractivity contribution in [2.45, 2.75) is 12.7 Å². The summed E-state index contributed by atoms with van der Waals surface area (Å²) in [5.74, 6) is -2.78. The molecule has 4 rings (SSSR count). The van der Waals surface area contributed by atoms with Gasteiger partial charge in [-0.05, 0) is 24.3 Å². The van der Waals surface area contributed by atoms with Gasteiger partial charge in [-0.25, -0.2) is 14.2 Å². The first kappa shape index (κ1) is 24.2. The molecule has 8 nitrogen and oxygen atoms in total. The van der Waals surface area contributed by atoms with Gasteiger partial charge in [-0.2, -0.15) is 13.2 Å². The van der Waals surface area contributed by atoms with Crippen molar-refractivity contribution < 1.29 is 22.4 Å². The zero-order chi connectivity index (χ0) is 25.7. The molecule has 182 valence electrons. The number of rotatable bonds is 4. The molecule has 0 aliphatic carbocycles. The van der Waals surface area contributed by atoms with Gasteiger partial charge in [-0.1, -0.05) is 29.8 Å². The molecule has 0 aliphatic heterocycles. The largest absolute Gasteiger partial charge is 0.471 e. The topological polar surface area (TPSA) is 90.9 Å². The number of nitrogens with zero attached hydrogens (tertiary/aromatic N) is 4. The van der Waals surface area contributed by atoms with Crippen molar-refractivity contribution in [3.8, 4) is 11.4 Å². The smallest absolute Gasteiger partial charge is 0.318 e. The standard InChI is InChI=1S/C22H16ClF4N5O3/c1-30-18-16(19(33)31(2)21(30)35)32(10-13-14(23)7-4-8-15(13)24)17(29-18)11-5-3-6-12(9-11)28-20(34)22(25,26)27/h3-9H,10H2,1-2H3,(H,28,34). The molecule has 2 aromatic heterocycles. The maximum Gasteiger partial charge on any atom is 0.471 e. The van der Waals surface area contributed by atoms with Gasteiger partial charge < -0.3 is 9.88 Å². The van der Waals surface area contributed by atoms with Crippen LogP contribution >= 0.6 is 11.6 Å². The number of anilines is 1. The number of aryl methyl sites for hydroxylation is 1. The van der Waals surface area contributed by atoms with E-state index in [1.165, 1.54) is 61.1 Å². The van der Waals surface area contributed by atoms with Crippen LogP contribution in [0.2, 0.25) is 5.02 Å². The summed E-state index contributed by atoms with van der Waals surface area (Å²) >= 11 is 6.18. The summed E-state index contributed by atoms with van der Waals surface area (Å²) in [7, 11) is 2.66. The predicted molar refractivity (Wildman–Crippen MR) is 121 cm³/mol. The van der Waals surface area contributed by atoms with Crippen molar-refractivity contribution in [1.29, 1.82) is 0 Å². The van der Waals surface area contributed by atoms with Crippen molar-refractivity contribution in [2.75, 3.05) is 5.32 Å². The van der Waals surface area contributed by atoms with E-state index in [2.05, 4.69) is 4.98 Å². The van der Waals surface area contributed by atoms with E-state index in [9.17, 15) is 31.9 Å². The molecular formula is C22H16ClF4N5O3. The number of benzene rings is 2. The molecule has 2 aromatic carbocycles. The number of nitrogens with one attached hydrogen (secondary N) is 1. The highest BCUT2D eigenvalue weighted by Crippen LogP contribution is 2.29. The van der Waals surface area contributed by atoms with Crippen LogP contribution in [0.4, 0.5) is 23.2 Å². The number of imidazole rings is 1.